The van der Waals surface area contributed by atoms with Crippen LogP contribution in [0.1, 0.15) is 39.2 Å². The van der Waals surface area contributed by atoms with Crippen molar-refractivity contribution in [2.45, 2.75) is 46.2 Å². The van der Waals surface area contributed by atoms with Gasteiger partial charge in [-0.1, -0.05) is 37.9 Å². The average molecular weight is 270 g/mol. The Morgan fingerprint density at radius 1 is 1.33 bits per heavy atom. The first-order valence-corrected chi connectivity index (χ1v) is 7.01. The zero-order valence-electron chi connectivity index (χ0n) is 11.8. The van der Waals surface area contributed by atoms with Crippen molar-refractivity contribution in [3.05, 3.63) is 28.8 Å². The van der Waals surface area contributed by atoms with E-state index in [2.05, 4.69) is 26.1 Å². The van der Waals surface area contributed by atoms with Gasteiger partial charge < -0.3 is 10.1 Å². The third-order valence-electron chi connectivity index (χ3n) is 3.38. The fraction of sp³-hybridized carbons (Fsp3) is 0.600. The quantitative estimate of drug-likeness (QED) is 0.798. The summed E-state index contributed by atoms with van der Waals surface area (Å²) in [4.78, 5) is 0. The molecule has 2 nitrogen and oxygen atoms in total. The van der Waals surface area contributed by atoms with Gasteiger partial charge in [-0.05, 0) is 31.4 Å². The zero-order chi connectivity index (χ0) is 13.5. The molecule has 0 saturated carbocycles. The summed E-state index contributed by atoms with van der Waals surface area (Å²) in [5.41, 5.74) is 1.04. The van der Waals surface area contributed by atoms with Crippen molar-refractivity contribution < 1.29 is 4.74 Å². The van der Waals surface area contributed by atoms with E-state index >= 15 is 0 Å². The van der Waals surface area contributed by atoms with Crippen molar-refractivity contribution in [3.63, 3.8) is 0 Å². The molecule has 0 saturated heterocycles. The Labute approximate surface area is 116 Å². The van der Waals surface area contributed by atoms with Crippen molar-refractivity contribution >= 4 is 11.6 Å². The Kier molecular flexibility index (Phi) is 6.51. The average Bonchev–Trinajstić information content (AvgIpc) is 2.36. The Morgan fingerprint density at radius 3 is 2.67 bits per heavy atom. The number of nitrogens with one attached hydrogen (secondary N) is 1. The van der Waals surface area contributed by atoms with Crippen LogP contribution in [0.5, 0.6) is 5.75 Å². The third-order valence-corrected chi connectivity index (χ3v) is 3.73. The van der Waals surface area contributed by atoms with Gasteiger partial charge in [0.05, 0.1) is 7.11 Å². The van der Waals surface area contributed by atoms with Crippen LogP contribution in [0.15, 0.2) is 18.2 Å². The molecule has 1 aromatic rings. The van der Waals surface area contributed by atoms with Crippen LogP contribution in [0.3, 0.4) is 0 Å². The summed E-state index contributed by atoms with van der Waals surface area (Å²) < 4.78 is 5.34. The Balaban J connectivity index is 2.57. The predicted molar refractivity (Wildman–Crippen MR) is 78.4 cm³/mol. The molecule has 1 N–H and O–H groups in total. The zero-order valence-corrected chi connectivity index (χ0v) is 12.6. The van der Waals surface area contributed by atoms with E-state index in [1.54, 1.807) is 7.11 Å². The second-order valence-electron chi connectivity index (χ2n) is 4.95. The van der Waals surface area contributed by atoms with E-state index < -0.39 is 0 Å². The Hall–Kier alpha value is -0.730. The lowest BCUT2D eigenvalue weighted by Crippen LogP contribution is -2.27. The summed E-state index contributed by atoms with van der Waals surface area (Å²) >= 11 is 6.20. The van der Waals surface area contributed by atoms with Gasteiger partial charge in [0.1, 0.15) is 5.75 Å². The molecule has 1 rings (SSSR count). The highest BCUT2D eigenvalue weighted by Gasteiger charge is 2.10. The standard InChI is InChI=1S/C15H24ClNO/c1-5-11(2)9-12(3)17-10-13-14(16)7-6-8-15(13)18-4/h6-8,11-12,17H,5,9-10H2,1-4H3. The van der Waals surface area contributed by atoms with Crippen molar-refractivity contribution in [1.82, 2.24) is 5.32 Å². The largest absolute Gasteiger partial charge is 0.496 e. The lowest BCUT2D eigenvalue weighted by atomic mass is 10.0. The van der Waals surface area contributed by atoms with E-state index in [9.17, 15) is 0 Å². The van der Waals surface area contributed by atoms with Crippen molar-refractivity contribution in [2.75, 3.05) is 7.11 Å². The van der Waals surface area contributed by atoms with Gasteiger partial charge in [0.25, 0.3) is 0 Å². The minimum atomic E-state index is 0.487. The van der Waals surface area contributed by atoms with E-state index in [4.69, 9.17) is 16.3 Å². The summed E-state index contributed by atoms with van der Waals surface area (Å²) in [6, 6.07) is 6.25. The van der Waals surface area contributed by atoms with E-state index in [-0.39, 0.29) is 0 Å². The van der Waals surface area contributed by atoms with Gasteiger partial charge in [0, 0.05) is 23.2 Å². The van der Waals surface area contributed by atoms with Crippen LogP contribution in [0.2, 0.25) is 5.02 Å². The van der Waals surface area contributed by atoms with E-state index in [0.717, 1.165) is 28.8 Å². The Bertz CT molecular complexity index is 368. The van der Waals surface area contributed by atoms with Gasteiger partial charge >= 0.3 is 0 Å². The lowest BCUT2D eigenvalue weighted by Gasteiger charge is -2.19. The molecule has 2 unspecified atom stereocenters. The molecule has 0 aliphatic rings. The SMILES string of the molecule is CCC(C)CC(C)NCc1c(Cl)cccc1OC. The number of hydrogen-bond donors (Lipinski definition) is 1. The summed E-state index contributed by atoms with van der Waals surface area (Å²) in [6.45, 7) is 7.48. The highest BCUT2D eigenvalue weighted by atomic mass is 35.5. The fourth-order valence-corrected chi connectivity index (χ4v) is 2.26. The molecular weight excluding hydrogens is 246 g/mol. The molecule has 0 aromatic heterocycles. The van der Waals surface area contributed by atoms with E-state index in [1.807, 2.05) is 18.2 Å². The first-order chi connectivity index (χ1) is 8.58. The number of ether oxygens (including phenoxy) is 1. The fourth-order valence-electron chi connectivity index (χ4n) is 2.03. The van der Waals surface area contributed by atoms with Crippen LogP contribution >= 0.6 is 11.6 Å². The molecular formula is C15H24ClNO. The summed E-state index contributed by atoms with van der Waals surface area (Å²) in [7, 11) is 1.68. The number of rotatable bonds is 7. The highest BCUT2D eigenvalue weighted by molar-refractivity contribution is 6.31. The number of halogens is 1. The molecule has 0 spiro atoms. The maximum absolute atomic E-state index is 6.20. The maximum Gasteiger partial charge on any atom is 0.124 e. The molecule has 0 radical (unpaired) electrons. The minimum Gasteiger partial charge on any atom is -0.496 e. The summed E-state index contributed by atoms with van der Waals surface area (Å²) in [6.07, 6.45) is 2.41. The molecule has 0 amide bonds. The summed E-state index contributed by atoms with van der Waals surface area (Å²) in [5.74, 6) is 1.60. The highest BCUT2D eigenvalue weighted by Crippen LogP contribution is 2.26. The second kappa shape index (κ2) is 7.65. The number of methoxy groups -OCH3 is 1. The van der Waals surface area contributed by atoms with Crippen molar-refractivity contribution in [1.29, 1.82) is 0 Å². The molecule has 1 aromatic carbocycles. The molecule has 3 heteroatoms. The minimum absolute atomic E-state index is 0.487. The monoisotopic (exact) mass is 269 g/mol. The van der Waals surface area contributed by atoms with Gasteiger partial charge in [0.2, 0.25) is 0 Å². The first kappa shape index (κ1) is 15.3. The summed E-state index contributed by atoms with van der Waals surface area (Å²) in [5, 5.41) is 4.28. The predicted octanol–water partition coefficient (Wildman–Crippen LogP) is 4.26. The second-order valence-corrected chi connectivity index (χ2v) is 5.36. The molecule has 102 valence electrons. The number of hydrogen-bond acceptors (Lipinski definition) is 2. The normalized spacial score (nSPS) is 14.3. The number of benzene rings is 1. The molecule has 18 heavy (non-hydrogen) atoms. The van der Waals surface area contributed by atoms with E-state index in [1.165, 1.54) is 12.8 Å². The molecule has 0 aliphatic carbocycles. The third kappa shape index (κ3) is 4.51. The van der Waals surface area contributed by atoms with Crippen LogP contribution in [0.25, 0.3) is 0 Å². The van der Waals surface area contributed by atoms with Gasteiger partial charge in [-0.3, -0.25) is 0 Å². The Morgan fingerprint density at radius 2 is 2.06 bits per heavy atom. The van der Waals surface area contributed by atoms with Crippen LogP contribution in [0, 0.1) is 5.92 Å². The molecule has 0 aliphatic heterocycles. The molecule has 0 fully saturated rings. The first-order valence-electron chi connectivity index (χ1n) is 6.63. The smallest absolute Gasteiger partial charge is 0.124 e. The van der Waals surface area contributed by atoms with Crippen molar-refractivity contribution in [2.24, 2.45) is 5.92 Å². The van der Waals surface area contributed by atoms with Crippen LogP contribution in [-0.4, -0.2) is 13.2 Å². The van der Waals surface area contributed by atoms with Crippen LogP contribution < -0.4 is 10.1 Å². The van der Waals surface area contributed by atoms with Gasteiger partial charge in [0.15, 0.2) is 0 Å². The van der Waals surface area contributed by atoms with Crippen molar-refractivity contribution in [3.8, 4) is 5.75 Å². The van der Waals surface area contributed by atoms with Crippen LogP contribution in [0.4, 0.5) is 0 Å². The topological polar surface area (TPSA) is 21.3 Å². The maximum atomic E-state index is 6.20. The molecule has 0 heterocycles. The van der Waals surface area contributed by atoms with Gasteiger partial charge in [-0.25, -0.2) is 0 Å². The van der Waals surface area contributed by atoms with Crippen LogP contribution in [-0.2, 0) is 6.54 Å². The van der Waals surface area contributed by atoms with Gasteiger partial charge in [-0.15, -0.1) is 0 Å². The lowest BCUT2D eigenvalue weighted by molar-refractivity contribution is 0.393. The van der Waals surface area contributed by atoms with E-state index in [0.29, 0.717) is 6.04 Å². The molecule has 0 bridgehead atoms. The molecule has 2 atom stereocenters. The van der Waals surface area contributed by atoms with Gasteiger partial charge in [-0.2, -0.15) is 0 Å².